The number of carbonyl (C=O) groups excluding carboxylic acids is 1. The largest absolute Gasteiger partial charge is 0.384 e. The van der Waals surface area contributed by atoms with Crippen molar-refractivity contribution in [3.8, 4) is 0 Å². The highest BCUT2D eigenvalue weighted by molar-refractivity contribution is 9.10. The summed E-state index contributed by atoms with van der Waals surface area (Å²) in [6.45, 7) is 1.67. The van der Waals surface area contributed by atoms with Crippen molar-refractivity contribution < 1.29 is 9.53 Å². The summed E-state index contributed by atoms with van der Waals surface area (Å²) in [6, 6.07) is 1.85. The first-order chi connectivity index (χ1) is 8.24. The van der Waals surface area contributed by atoms with Crippen LogP contribution in [0.4, 0.5) is 5.69 Å². The zero-order chi connectivity index (χ0) is 12.5. The van der Waals surface area contributed by atoms with Crippen molar-refractivity contribution in [2.75, 3.05) is 32.1 Å². The molecule has 94 valence electrons. The molecule has 0 aliphatic carbocycles. The van der Waals surface area contributed by atoms with Crippen molar-refractivity contribution >= 4 is 27.5 Å². The quantitative estimate of drug-likeness (QED) is 0.748. The van der Waals surface area contributed by atoms with Gasteiger partial charge in [-0.05, 0) is 22.0 Å². The molecule has 1 amide bonds. The van der Waals surface area contributed by atoms with Crippen LogP contribution in [0.3, 0.4) is 0 Å². The highest BCUT2D eigenvalue weighted by Crippen LogP contribution is 2.19. The maximum atomic E-state index is 11.4. The minimum Gasteiger partial charge on any atom is -0.384 e. The molecule has 6 heteroatoms. The van der Waals surface area contributed by atoms with Crippen LogP contribution in [-0.4, -0.2) is 37.7 Å². The van der Waals surface area contributed by atoms with Gasteiger partial charge in [0.15, 0.2) is 0 Å². The second kappa shape index (κ2) is 8.03. The number of methoxy groups -OCH3 is 1. The van der Waals surface area contributed by atoms with Crippen molar-refractivity contribution in [3.05, 3.63) is 22.9 Å². The molecule has 0 aliphatic rings. The van der Waals surface area contributed by atoms with Crippen LogP contribution in [0.15, 0.2) is 22.9 Å². The average molecular weight is 302 g/mol. The molecule has 0 aliphatic heterocycles. The van der Waals surface area contributed by atoms with Gasteiger partial charge in [0.05, 0.1) is 16.8 Å². The summed E-state index contributed by atoms with van der Waals surface area (Å²) in [6.07, 6.45) is 3.84. The number of nitrogens with one attached hydrogen (secondary N) is 2. The van der Waals surface area contributed by atoms with E-state index in [1.54, 1.807) is 19.5 Å². The summed E-state index contributed by atoms with van der Waals surface area (Å²) in [4.78, 5) is 15.3. The Bertz CT molecular complexity index is 360. The normalized spacial score (nSPS) is 10.0. The minimum absolute atomic E-state index is 0.0136. The Morgan fingerprint density at radius 1 is 1.53 bits per heavy atom. The van der Waals surface area contributed by atoms with Crippen molar-refractivity contribution in [2.24, 2.45) is 0 Å². The number of carbonyl (C=O) groups is 1. The van der Waals surface area contributed by atoms with E-state index in [4.69, 9.17) is 4.74 Å². The summed E-state index contributed by atoms with van der Waals surface area (Å²) in [5.41, 5.74) is 0.935. The van der Waals surface area contributed by atoms with Gasteiger partial charge < -0.3 is 15.4 Å². The van der Waals surface area contributed by atoms with Gasteiger partial charge >= 0.3 is 0 Å². The fourth-order valence-corrected chi connectivity index (χ4v) is 1.60. The van der Waals surface area contributed by atoms with Crippen LogP contribution in [-0.2, 0) is 9.53 Å². The van der Waals surface area contributed by atoms with E-state index in [-0.39, 0.29) is 5.91 Å². The van der Waals surface area contributed by atoms with Gasteiger partial charge in [-0.15, -0.1) is 0 Å². The Morgan fingerprint density at radius 3 is 3.06 bits per heavy atom. The summed E-state index contributed by atoms with van der Waals surface area (Å²) < 4.78 is 5.73. The second-order valence-electron chi connectivity index (χ2n) is 3.38. The smallest absolute Gasteiger partial charge is 0.221 e. The van der Waals surface area contributed by atoms with E-state index < -0.39 is 0 Å². The van der Waals surface area contributed by atoms with Crippen LogP contribution in [0.2, 0.25) is 0 Å². The Balaban J connectivity index is 2.19. The van der Waals surface area contributed by atoms with E-state index in [1.165, 1.54) is 0 Å². The SMILES string of the molecule is COCCNC(=O)CCNc1ccncc1Br. The molecule has 0 aromatic carbocycles. The van der Waals surface area contributed by atoms with E-state index in [0.29, 0.717) is 26.1 Å². The number of amides is 1. The molecule has 17 heavy (non-hydrogen) atoms. The fourth-order valence-electron chi connectivity index (χ4n) is 1.21. The van der Waals surface area contributed by atoms with Crippen LogP contribution in [0.25, 0.3) is 0 Å². The molecule has 0 spiro atoms. The van der Waals surface area contributed by atoms with Crippen LogP contribution < -0.4 is 10.6 Å². The molecule has 1 aromatic heterocycles. The van der Waals surface area contributed by atoms with E-state index in [1.807, 2.05) is 6.07 Å². The number of nitrogens with zero attached hydrogens (tertiary/aromatic N) is 1. The average Bonchev–Trinajstić information content (AvgIpc) is 2.32. The molecule has 1 rings (SSSR count). The van der Waals surface area contributed by atoms with Gasteiger partial charge in [-0.2, -0.15) is 0 Å². The molecule has 0 saturated heterocycles. The Labute approximate surface area is 109 Å². The molecule has 5 nitrogen and oxygen atoms in total. The van der Waals surface area contributed by atoms with Crippen LogP contribution >= 0.6 is 15.9 Å². The number of ether oxygens (including phenoxy) is 1. The number of hydrogen-bond acceptors (Lipinski definition) is 4. The zero-order valence-electron chi connectivity index (χ0n) is 9.70. The summed E-state index contributed by atoms with van der Waals surface area (Å²) in [7, 11) is 1.61. The number of anilines is 1. The molecule has 2 N–H and O–H groups in total. The summed E-state index contributed by atoms with van der Waals surface area (Å²) >= 11 is 3.37. The van der Waals surface area contributed by atoms with Crippen molar-refractivity contribution in [3.63, 3.8) is 0 Å². The fraction of sp³-hybridized carbons (Fsp3) is 0.455. The summed E-state index contributed by atoms with van der Waals surface area (Å²) in [5, 5.41) is 5.91. The van der Waals surface area contributed by atoms with Gasteiger partial charge in [0.2, 0.25) is 5.91 Å². The maximum absolute atomic E-state index is 11.4. The lowest BCUT2D eigenvalue weighted by Gasteiger charge is -2.08. The Hall–Kier alpha value is -1.14. The Kier molecular flexibility index (Phi) is 6.57. The second-order valence-corrected chi connectivity index (χ2v) is 4.23. The third-order valence-electron chi connectivity index (χ3n) is 2.07. The van der Waals surface area contributed by atoms with Crippen molar-refractivity contribution in [2.45, 2.75) is 6.42 Å². The molecular formula is C11H16BrN3O2. The molecule has 1 aromatic rings. The van der Waals surface area contributed by atoms with Gasteiger partial charge in [0, 0.05) is 39.0 Å². The third kappa shape index (κ3) is 5.65. The van der Waals surface area contributed by atoms with Crippen molar-refractivity contribution in [1.82, 2.24) is 10.3 Å². The molecule has 1 heterocycles. The first-order valence-electron chi connectivity index (χ1n) is 5.33. The molecule has 0 radical (unpaired) electrons. The molecular weight excluding hydrogens is 286 g/mol. The van der Waals surface area contributed by atoms with Crippen LogP contribution in [0.5, 0.6) is 0 Å². The zero-order valence-corrected chi connectivity index (χ0v) is 11.3. The topological polar surface area (TPSA) is 63.2 Å². The summed E-state index contributed by atoms with van der Waals surface area (Å²) in [5.74, 6) is 0.0136. The number of halogens is 1. The van der Waals surface area contributed by atoms with Gasteiger partial charge in [-0.25, -0.2) is 0 Å². The minimum atomic E-state index is 0.0136. The van der Waals surface area contributed by atoms with E-state index >= 15 is 0 Å². The van der Waals surface area contributed by atoms with Gasteiger partial charge in [-0.3, -0.25) is 9.78 Å². The highest BCUT2D eigenvalue weighted by atomic mass is 79.9. The lowest BCUT2D eigenvalue weighted by molar-refractivity contribution is -0.121. The van der Waals surface area contributed by atoms with Crippen molar-refractivity contribution in [1.29, 1.82) is 0 Å². The molecule has 0 unspecified atom stereocenters. The number of rotatable bonds is 7. The lowest BCUT2D eigenvalue weighted by atomic mass is 10.3. The van der Waals surface area contributed by atoms with E-state index in [0.717, 1.165) is 10.2 Å². The molecule has 0 bridgehead atoms. The van der Waals surface area contributed by atoms with Gasteiger partial charge in [0.1, 0.15) is 0 Å². The number of pyridine rings is 1. The first-order valence-corrected chi connectivity index (χ1v) is 6.12. The maximum Gasteiger partial charge on any atom is 0.221 e. The molecule has 0 saturated carbocycles. The number of hydrogen-bond donors (Lipinski definition) is 2. The standard InChI is InChI=1S/C11H16BrN3O2/c1-17-7-6-15-11(16)3-5-14-10-2-4-13-8-9(10)12/h2,4,8H,3,5-7H2,1H3,(H,13,14)(H,15,16). The van der Waals surface area contributed by atoms with Crippen LogP contribution in [0.1, 0.15) is 6.42 Å². The monoisotopic (exact) mass is 301 g/mol. The predicted octanol–water partition coefficient (Wildman–Crippen LogP) is 1.41. The van der Waals surface area contributed by atoms with E-state index in [9.17, 15) is 4.79 Å². The van der Waals surface area contributed by atoms with E-state index in [2.05, 4.69) is 31.5 Å². The molecule has 0 atom stereocenters. The predicted molar refractivity (Wildman–Crippen MR) is 69.9 cm³/mol. The van der Waals surface area contributed by atoms with Gasteiger partial charge in [-0.1, -0.05) is 0 Å². The van der Waals surface area contributed by atoms with Crippen LogP contribution in [0, 0.1) is 0 Å². The highest BCUT2D eigenvalue weighted by Gasteiger charge is 2.01. The first kappa shape index (κ1) is 13.9. The van der Waals surface area contributed by atoms with Gasteiger partial charge in [0.25, 0.3) is 0 Å². The third-order valence-corrected chi connectivity index (χ3v) is 2.70. The molecule has 0 fully saturated rings. The number of aromatic nitrogens is 1. The Morgan fingerprint density at radius 2 is 2.35 bits per heavy atom. The lowest BCUT2D eigenvalue weighted by Crippen LogP contribution is -2.28.